The van der Waals surface area contributed by atoms with Gasteiger partial charge in [0.15, 0.2) is 6.54 Å². The molecule has 0 unspecified atom stereocenters. The van der Waals surface area contributed by atoms with Gasteiger partial charge >= 0.3 is 0 Å². The molecule has 16 heavy (non-hydrogen) atoms. The number of hydrogen-bond donors (Lipinski definition) is 2. The third-order valence-corrected chi connectivity index (χ3v) is 2.45. The molecule has 0 aliphatic carbocycles. The Hall–Kier alpha value is -1.87. The lowest BCUT2D eigenvalue weighted by Gasteiger charge is -2.07. The zero-order valence-electron chi connectivity index (χ0n) is 9.23. The highest BCUT2D eigenvalue weighted by molar-refractivity contribution is 6.02. The molecule has 0 bridgehead atoms. The number of benzene rings is 2. The van der Waals surface area contributed by atoms with Gasteiger partial charge in [0.1, 0.15) is 0 Å². The van der Waals surface area contributed by atoms with Crippen molar-refractivity contribution in [2.45, 2.75) is 0 Å². The van der Waals surface area contributed by atoms with E-state index in [1.807, 2.05) is 54.8 Å². The van der Waals surface area contributed by atoms with E-state index < -0.39 is 0 Å². The molecule has 3 heteroatoms. The van der Waals surface area contributed by atoms with E-state index in [1.54, 1.807) is 0 Å². The predicted octanol–water partition coefficient (Wildman–Crippen LogP) is 0.971. The molecule has 1 amide bonds. The van der Waals surface area contributed by atoms with Crippen molar-refractivity contribution in [3.8, 4) is 0 Å². The van der Waals surface area contributed by atoms with E-state index in [1.165, 1.54) is 0 Å². The summed E-state index contributed by atoms with van der Waals surface area (Å²) in [6.45, 7) is 0.448. The van der Waals surface area contributed by atoms with Crippen LogP contribution in [-0.4, -0.2) is 19.5 Å². The molecule has 0 spiro atoms. The second kappa shape index (κ2) is 4.77. The van der Waals surface area contributed by atoms with Gasteiger partial charge in [0.05, 0.1) is 7.05 Å². The van der Waals surface area contributed by atoms with Crippen molar-refractivity contribution in [1.29, 1.82) is 0 Å². The molecular formula is C13H15N2O+. The van der Waals surface area contributed by atoms with Crippen LogP contribution in [-0.2, 0) is 4.79 Å². The van der Waals surface area contributed by atoms with E-state index in [2.05, 4.69) is 5.32 Å². The van der Waals surface area contributed by atoms with Crippen LogP contribution in [0.15, 0.2) is 42.5 Å². The summed E-state index contributed by atoms with van der Waals surface area (Å²) in [7, 11) is 1.88. The monoisotopic (exact) mass is 215 g/mol. The van der Waals surface area contributed by atoms with Crippen LogP contribution in [0.3, 0.4) is 0 Å². The maximum absolute atomic E-state index is 11.5. The fourth-order valence-electron chi connectivity index (χ4n) is 1.72. The van der Waals surface area contributed by atoms with Crippen LogP contribution >= 0.6 is 0 Å². The molecule has 3 N–H and O–H groups in total. The number of likely N-dealkylation sites (N-methyl/N-ethyl adjacent to an activating group) is 1. The quantitative estimate of drug-likeness (QED) is 0.787. The molecular weight excluding hydrogens is 200 g/mol. The van der Waals surface area contributed by atoms with E-state index in [-0.39, 0.29) is 5.91 Å². The molecule has 0 saturated carbocycles. The predicted molar refractivity (Wildman–Crippen MR) is 65.3 cm³/mol. The Labute approximate surface area is 94.5 Å². The van der Waals surface area contributed by atoms with E-state index in [0.29, 0.717) is 6.54 Å². The summed E-state index contributed by atoms with van der Waals surface area (Å²) in [4.78, 5) is 11.5. The highest BCUT2D eigenvalue weighted by atomic mass is 16.1. The molecule has 2 rings (SSSR count). The summed E-state index contributed by atoms with van der Waals surface area (Å²) in [6.07, 6.45) is 0. The molecule has 0 radical (unpaired) electrons. The van der Waals surface area contributed by atoms with Crippen molar-refractivity contribution in [3.63, 3.8) is 0 Å². The maximum Gasteiger partial charge on any atom is 0.279 e. The number of hydrogen-bond acceptors (Lipinski definition) is 1. The smallest absolute Gasteiger partial charge is 0.279 e. The first-order valence-electron chi connectivity index (χ1n) is 5.36. The first-order valence-corrected chi connectivity index (χ1v) is 5.36. The first-order chi connectivity index (χ1) is 7.81. The van der Waals surface area contributed by atoms with Crippen molar-refractivity contribution in [3.05, 3.63) is 42.5 Å². The number of carbonyl (C=O) groups is 1. The molecule has 2 aromatic rings. The zero-order valence-corrected chi connectivity index (χ0v) is 9.23. The van der Waals surface area contributed by atoms with Gasteiger partial charge < -0.3 is 10.6 Å². The highest BCUT2D eigenvalue weighted by Crippen LogP contribution is 2.22. The largest absolute Gasteiger partial charge is 0.341 e. The van der Waals surface area contributed by atoms with Crippen LogP contribution < -0.4 is 10.6 Å². The molecule has 0 fully saturated rings. The van der Waals surface area contributed by atoms with Gasteiger partial charge in [-0.2, -0.15) is 0 Å². The summed E-state index contributed by atoms with van der Waals surface area (Å²) >= 11 is 0. The molecule has 0 aromatic heterocycles. The Morgan fingerprint density at radius 1 is 1.19 bits per heavy atom. The number of rotatable bonds is 3. The van der Waals surface area contributed by atoms with Crippen molar-refractivity contribution in [2.24, 2.45) is 0 Å². The summed E-state index contributed by atoms with van der Waals surface area (Å²) in [5.41, 5.74) is 0.880. The summed E-state index contributed by atoms with van der Waals surface area (Å²) < 4.78 is 0. The average Bonchev–Trinajstić information content (AvgIpc) is 2.30. The highest BCUT2D eigenvalue weighted by Gasteiger charge is 2.05. The Balaban J connectivity index is 2.33. The van der Waals surface area contributed by atoms with E-state index in [0.717, 1.165) is 16.5 Å². The molecule has 0 atom stereocenters. The van der Waals surface area contributed by atoms with Crippen molar-refractivity contribution in [1.82, 2.24) is 0 Å². The molecule has 0 saturated heterocycles. The van der Waals surface area contributed by atoms with E-state index in [4.69, 9.17) is 0 Å². The van der Waals surface area contributed by atoms with Crippen molar-refractivity contribution < 1.29 is 10.1 Å². The normalized spacial score (nSPS) is 10.3. The van der Waals surface area contributed by atoms with Gasteiger partial charge in [0.25, 0.3) is 5.91 Å². The third-order valence-electron chi connectivity index (χ3n) is 2.45. The molecule has 0 aliphatic heterocycles. The number of carbonyl (C=O) groups excluding carboxylic acids is 1. The van der Waals surface area contributed by atoms with Gasteiger partial charge in [-0.05, 0) is 11.5 Å². The van der Waals surface area contributed by atoms with Crippen LogP contribution in [0.25, 0.3) is 10.8 Å². The van der Waals surface area contributed by atoms with E-state index in [9.17, 15) is 4.79 Å². The van der Waals surface area contributed by atoms with Gasteiger partial charge in [-0.15, -0.1) is 0 Å². The lowest BCUT2D eigenvalue weighted by molar-refractivity contribution is -0.615. The Kier molecular flexibility index (Phi) is 3.17. The minimum atomic E-state index is 0.0267. The zero-order chi connectivity index (χ0) is 11.4. The fraction of sp³-hybridized carbons (Fsp3) is 0.154. The van der Waals surface area contributed by atoms with Gasteiger partial charge in [0.2, 0.25) is 0 Å². The summed E-state index contributed by atoms with van der Waals surface area (Å²) in [5.74, 6) is 0.0267. The fourth-order valence-corrected chi connectivity index (χ4v) is 1.72. The molecule has 0 heterocycles. The van der Waals surface area contributed by atoms with Crippen LogP contribution in [0.1, 0.15) is 0 Å². The van der Waals surface area contributed by atoms with Crippen LogP contribution in [0.5, 0.6) is 0 Å². The van der Waals surface area contributed by atoms with Gasteiger partial charge in [-0.1, -0.05) is 36.4 Å². The number of amides is 1. The Morgan fingerprint density at radius 3 is 2.75 bits per heavy atom. The topological polar surface area (TPSA) is 45.7 Å². The number of nitrogens with one attached hydrogen (secondary N) is 1. The van der Waals surface area contributed by atoms with Gasteiger partial charge in [-0.3, -0.25) is 4.79 Å². The second-order valence-electron chi connectivity index (χ2n) is 3.69. The van der Waals surface area contributed by atoms with Gasteiger partial charge in [-0.25, -0.2) is 0 Å². The minimum Gasteiger partial charge on any atom is -0.341 e. The number of fused-ring (bicyclic) bond motifs is 1. The molecule has 3 nitrogen and oxygen atoms in total. The Bertz CT molecular complexity index is 503. The van der Waals surface area contributed by atoms with Crippen LogP contribution in [0, 0.1) is 0 Å². The lowest BCUT2D eigenvalue weighted by atomic mass is 10.1. The van der Waals surface area contributed by atoms with Crippen molar-refractivity contribution >= 4 is 22.4 Å². The number of anilines is 1. The number of quaternary nitrogens is 1. The van der Waals surface area contributed by atoms with Crippen molar-refractivity contribution in [2.75, 3.05) is 18.9 Å². The average molecular weight is 215 g/mol. The van der Waals surface area contributed by atoms with Gasteiger partial charge in [0, 0.05) is 11.1 Å². The van der Waals surface area contributed by atoms with E-state index >= 15 is 0 Å². The standard InChI is InChI=1S/C13H14N2O/c1-14-9-13(16)15-12-8-4-6-10-5-2-3-7-11(10)12/h2-8,14H,9H2,1H3,(H,15,16)/p+1. The molecule has 0 aliphatic rings. The first kappa shape index (κ1) is 10.6. The molecule has 2 aromatic carbocycles. The summed E-state index contributed by atoms with van der Waals surface area (Å²) in [5, 5.41) is 6.98. The summed E-state index contributed by atoms with van der Waals surface area (Å²) in [6, 6.07) is 13.9. The van der Waals surface area contributed by atoms with Crippen LogP contribution in [0.4, 0.5) is 5.69 Å². The SMILES string of the molecule is C[NH2+]CC(=O)Nc1cccc2ccccc12. The maximum atomic E-state index is 11.5. The second-order valence-corrected chi connectivity index (χ2v) is 3.69. The minimum absolute atomic E-state index is 0.0267. The Morgan fingerprint density at radius 2 is 1.94 bits per heavy atom. The third kappa shape index (κ3) is 2.20. The molecule has 82 valence electrons. The lowest BCUT2D eigenvalue weighted by Crippen LogP contribution is -2.82. The number of nitrogens with two attached hydrogens (primary N) is 1. The van der Waals surface area contributed by atoms with Crippen LogP contribution in [0.2, 0.25) is 0 Å².